The van der Waals surface area contributed by atoms with Gasteiger partial charge in [0, 0.05) is 22.5 Å². The van der Waals surface area contributed by atoms with Crippen LogP contribution in [0.15, 0.2) is 60.0 Å². The molecule has 1 unspecified atom stereocenters. The smallest absolute Gasteiger partial charge is 0.254 e. The minimum absolute atomic E-state index is 0.0979. The first-order chi connectivity index (χ1) is 16.4. The lowest BCUT2D eigenvalue weighted by Crippen LogP contribution is -2.38. The number of nitrogens with zero attached hydrogens (tertiary/aromatic N) is 2. The van der Waals surface area contributed by atoms with Crippen LogP contribution in [0, 0.1) is 0 Å². The summed E-state index contributed by atoms with van der Waals surface area (Å²) in [6.45, 7) is 4.21. The lowest BCUT2D eigenvalue weighted by atomic mass is 10.1. The molecule has 0 fully saturated rings. The third-order valence-electron chi connectivity index (χ3n) is 5.02. The number of nitrogens with one attached hydrogen (secondary N) is 2. The van der Waals surface area contributed by atoms with Gasteiger partial charge in [-0.25, -0.2) is 4.98 Å². The van der Waals surface area contributed by atoms with Crippen molar-refractivity contribution in [3.05, 3.63) is 81.8 Å². The number of hydrogen-bond acceptors (Lipinski definition) is 5. The van der Waals surface area contributed by atoms with E-state index in [9.17, 15) is 14.4 Å². The quantitative estimate of drug-likeness (QED) is 0.423. The molecule has 0 saturated carbocycles. The van der Waals surface area contributed by atoms with E-state index in [4.69, 9.17) is 11.6 Å². The van der Waals surface area contributed by atoms with Gasteiger partial charge in [0.05, 0.1) is 18.2 Å². The summed E-state index contributed by atoms with van der Waals surface area (Å²) in [4.78, 5) is 43.6. The average molecular weight is 499 g/mol. The number of carbonyl (C=O) groups excluding carboxylic acids is 3. The Hall–Kier alpha value is -3.23. The first-order valence-corrected chi connectivity index (χ1v) is 12.2. The van der Waals surface area contributed by atoms with Gasteiger partial charge in [0.1, 0.15) is 6.54 Å². The third-order valence-corrected chi connectivity index (χ3v) is 6.08. The van der Waals surface area contributed by atoms with Crippen molar-refractivity contribution in [1.82, 2.24) is 15.2 Å². The van der Waals surface area contributed by atoms with Gasteiger partial charge in [-0.1, -0.05) is 48.9 Å². The van der Waals surface area contributed by atoms with Crippen molar-refractivity contribution < 1.29 is 14.4 Å². The summed E-state index contributed by atoms with van der Waals surface area (Å²) in [5.41, 5.74) is 2.06. The lowest BCUT2D eigenvalue weighted by Gasteiger charge is -2.21. The summed E-state index contributed by atoms with van der Waals surface area (Å²) >= 11 is 7.14. The van der Waals surface area contributed by atoms with Gasteiger partial charge in [-0.15, -0.1) is 11.3 Å². The van der Waals surface area contributed by atoms with Crippen LogP contribution in [0.3, 0.4) is 0 Å². The van der Waals surface area contributed by atoms with Gasteiger partial charge in [0.25, 0.3) is 5.91 Å². The number of rotatable bonds is 10. The maximum absolute atomic E-state index is 12.8. The van der Waals surface area contributed by atoms with Gasteiger partial charge in [0.2, 0.25) is 11.8 Å². The summed E-state index contributed by atoms with van der Waals surface area (Å²) in [5, 5.41) is 8.35. The van der Waals surface area contributed by atoms with Crippen molar-refractivity contribution >= 4 is 45.8 Å². The zero-order chi connectivity index (χ0) is 24.5. The number of amides is 3. The van der Waals surface area contributed by atoms with Crippen LogP contribution in [-0.4, -0.2) is 40.7 Å². The Morgan fingerprint density at radius 1 is 1.06 bits per heavy atom. The molecule has 0 spiro atoms. The molecule has 7 nitrogen and oxygen atoms in total. The van der Waals surface area contributed by atoms with Crippen LogP contribution in [0.2, 0.25) is 5.02 Å². The van der Waals surface area contributed by atoms with E-state index >= 15 is 0 Å². The van der Waals surface area contributed by atoms with Crippen LogP contribution < -0.4 is 10.6 Å². The minimum atomic E-state index is -0.348. The van der Waals surface area contributed by atoms with Gasteiger partial charge in [-0.2, -0.15) is 0 Å². The minimum Gasteiger partial charge on any atom is -0.349 e. The highest BCUT2D eigenvalue weighted by atomic mass is 35.5. The van der Waals surface area contributed by atoms with Crippen molar-refractivity contribution in [2.75, 3.05) is 18.4 Å². The molecule has 0 saturated heterocycles. The molecular formula is C25H27ClN4O3S. The van der Waals surface area contributed by atoms with Gasteiger partial charge < -0.3 is 15.5 Å². The zero-order valence-corrected chi connectivity index (χ0v) is 20.7. The Balaban J connectivity index is 1.53. The largest absolute Gasteiger partial charge is 0.349 e. The summed E-state index contributed by atoms with van der Waals surface area (Å²) in [6.07, 6.45) is 0.824. The highest BCUT2D eigenvalue weighted by Gasteiger charge is 2.19. The van der Waals surface area contributed by atoms with E-state index in [1.807, 2.05) is 44.2 Å². The monoisotopic (exact) mass is 498 g/mol. The van der Waals surface area contributed by atoms with E-state index in [2.05, 4.69) is 15.6 Å². The van der Waals surface area contributed by atoms with Crippen molar-refractivity contribution in [3.8, 4) is 0 Å². The maximum Gasteiger partial charge on any atom is 0.254 e. The fourth-order valence-corrected chi connectivity index (χ4v) is 4.21. The number of anilines is 1. The molecule has 2 aromatic carbocycles. The molecule has 3 amide bonds. The molecule has 1 heterocycles. The van der Waals surface area contributed by atoms with E-state index < -0.39 is 0 Å². The fourth-order valence-electron chi connectivity index (χ4n) is 3.36. The molecule has 0 aliphatic carbocycles. The van der Waals surface area contributed by atoms with Gasteiger partial charge in [-0.05, 0) is 43.2 Å². The highest BCUT2D eigenvalue weighted by molar-refractivity contribution is 7.13. The number of thiazole rings is 1. The fraction of sp³-hybridized carbons (Fsp3) is 0.280. The van der Waals surface area contributed by atoms with Crippen LogP contribution in [-0.2, 0) is 16.0 Å². The Morgan fingerprint density at radius 3 is 2.44 bits per heavy atom. The molecule has 0 aliphatic heterocycles. The second-order valence-corrected chi connectivity index (χ2v) is 9.10. The normalized spacial score (nSPS) is 11.5. The SMILES string of the molecule is CCCN(CC(=O)Nc1nc(CC(=O)NC(C)c2ccccc2)cs1)C(=O)c1ccc(Cl)cc1. The number of halogens is 1. The molecule has 3 rings (SSSR count). The average Bonchev–Trinajstić information content (AvgIpc) is 3.25. The molecule has 3 aromatic rings. The summed E-state index contributed by atoms with van der Waals surface area (Å²) in [6, 6.07) is 16.2. The summed E-state index contributed by atoms with van der Waals surface area (Å²) in [5.74, 6) is -0.737. The van der Waals surface area contributed by atoms with Crippen LogP contribution in [0.5, 0.6) is 0 Å². The first-order valence-electron chi connectivity index (χ1n) is 11.0. The van der Waals surface area contributed by atoms with Crippen LogP contribution in [0.4, 0.5) is 5.13 Å². The van der Waals surface area contributed by atoms with E-state index in [1.54, 1.807) is 29.6 Å². The molecule has 9 heteroatoms. The molecular weight excluding hydrogens is 472 g/mol. The molecule has 2 N–H and O–H groups in total. The Kier molecular flexibility index (Phi) is 9.18. The topological polar surface area (TPSA) is 91.4 Å². The van der Waals surface area contributed by atoms with Crippen molar-refractivity contribution in [2.45, 2.75) is 32.7 Å². The first kappa shape index (κ1) is 25.4. The number of benzene rings is 2. The predicted octanol–water partition coefficient (Wildman–Crippen LogP) is 4.71. The third kappa shape index (κ3) is 7.40. The van der Waals surface area contributed by atoms with E-state index in [0.29, 0.717) is 34.4 Å². The van der Waals surface area contributed by atoms with Crippen molar-refractivity contribution in [2.24, 2.45) is 0 Å². The maximum atomic E-state index is 12.8. The second-order valence-electron chi connectivity index (χ2n) is 7.80. The van der Waals surface area contributed by atoms with Crippen LogP contribution in [0.1, 0.15) is 47.9 Å². The van der Waals surface area contributed by atoms with E-state index in [1.165, 1.54) is 16.2 Å². The van der Waals surface area contributed by atoms with Crippen molar-refractivity contribution in [1.29, 1.82) is 0 Å². The zero-order valence-electron chi connectivity index (χ0n) is 19.1. The molecule has 0 radical (unpaired) electrons. The molecule has 0 bridgehead atoms. The Labute approximate surface area is 208 Å². The predicted molar refractivity (Wildman–Crippen MR) is 135 cm³/mol. The van der Waals surface area contributed by atoms with E-state index in [-0.39, 0.29) is 36.7 Å². The second kappa shape index (κ2) is 12.3. The molecule has 34 heavy (non-hydrogen) atoms. The van der Waals surface area contributed by atoms with E-state index in [0.717, 1.165) is 5.56 Å². The standard InChI is InChI=1S/C25H27ClN4O3S/c1-3-13-30(24(33)19-9-11-20(26)12-10-19)15-23(32)29-25-28-21(16-34-25)14-22(31)27-17(2)18-7-5-4-6-8-18/h4-12,16-17H,3,13-15H2,1-2H3,(H,27,31)(H,28,29,32). The van der Waals surface area contributed by atoms with Crippen LogP contribution in [0.25, 0.3) is 0 Å². The number of hydrogen-bond donors (Lipinski definition) is 2. The lowest BCUT2D eigenvalue weighted by molar-refractivity contribution is -0.121. The van der Waals surface area contributed by atoms with Crippen molar-refractivity contribution in [3.63, 3.8) is 0 Å². The summed E-state index contributed by atoms with van der Waals surface area (Å²) < 4.78 is 0. The number of carbonyl (C=O) groups is 3. The van der Waals surface area contributed by atoms with Crippen LogP contribution >= 0.6 is 22.9 Å². The highest BCUT2D eigenvalue weighted by Crippen LogP contribution is 2.17. The molecule has 1 aromatic heterocycles. The Bertz CT molecular complexity index is 1120. The molecule has 0 aliphatic rings. The Morgan fingerprint density at radius 2 is 1.76 bits per heavy atom. The molecule has 1 atom stereocenters. The summed E-state index contributed by atoms with van der Waals surface area (Å²) in [7, 11) is 0. The van der Waals surface area contributed by atoms with Gasteiger partial charge in [-0.3, -0.25) is 14.4 Å². The molecule has 178 valence electrons. The number of aromatic nitrogens is 1. The van der Waals surface area contributed by atoms with Gasteiger partial charge >= 0.3 is 0 Å². The van der Waals surface area contributed by atoms with Gasteiger partial charge in [0.15, 0.2) is 5.13 Å².